The Kier molecular flexibility index (Phi) is 7.74. The fourth-order valence-corrected chi connectivity index (χ4v) is 3.54. The van der Waals surface area contributed by atoms with Crippen molar-refractivity contribution in [3.05, 3.63) is 35.6 Å². The Hall–Kier alpha value is -1.99. The Balaban J connectivity index is 1.84. The summed E-state index contributed by atoms with van der Waals surface area (Å²) in [6.45, 7) is 10.0. The normalized spacial score (nSPS) is 21.7. The van der Waals surface area contributed by atoms with Gasteiger partial charge in [0.2, 0.25) is 5.91 Å². The first-order valence-corrected chi connectivity index (χ1v) is 9.49. The van der Waals surface area contributed by atoms with Gasteiger partial charge in [-0.05, 0) is 31.9 Å². The van der Waals surface area contributed by atoms with Gasteiger partial charge in [0.25, 0.3) is 5.91 Å². The average molecular weight is 379 g/mol. The monoisotopic (exact) mass is 379 g/mol. The molecule has 0 radical (unpaired) electrons. The van der Waals surface area contributed by atoms with Crippen LogP contribution in [-0.2, 0) is 9.53 Å². The second-order valence-electron chi connectivity index (χ2n) is 7.43. The number of amides is 2. The van der Waals surface area contributed by atoms with Crippen LogP contribution in [0.1, 0.15) is 38.1 Å². The second kappa shape index (κ2) is 9.80. The number of carbonyl (C=O) groups is 2. The van der Waals surface area contributed by atoms with Crippen molar-refractivity contribution in [2.24, 2.45) is 5.92 Å². The van der Waals surface area contributed by atoms with Gasteiger partial charge in [-0.25, -0.2) is 4.39 Å². The second-order valence-corrected chi connectivity index (χ2v) is 7.43. The largest absolute Gasteiger partial charge is 0.373 e. The third-order valence-corrected chi connectivity index (χ3v) is 4.57. The topological polar surface area (TPSA) is 70.7 Å². The van der Waals surface area contributed by atoms with Gasteiger partial charge in [-0.15, -0.1) is 0 Å². The molecule has 0 bridgehead atoms. The van der Waals surface area contributed by atoms with Gasteiger partial charge < -0.3 is 15.4 Å². The average Bonchev–Trinajstić information content (AvgIpc) is 2.58. The molecule has 1 aromatic rings. The van der Waals surface area contributed by atoms with E-state index in [-0.39, 0.29) is 48.7 Å². The summed E-state index contributed by atoms with van der Waals surface area (Å²) in [5, 5.41) is 5.51. The highest BCUT2D eigenvalue weighted by atomic mass is 19.1. The first-order valence-electron chi connectivity index (χ1n) is 9.49. The van der Waals surface area contributed by atoms with Crippen molar-refractivity contribution in [1.29, 1.82) is 0 Å². The smallest absolute Gasteiger partial charge is 0.254 e. The standard InChI is InChI=1S/C20H30FN3O3/c1-13(2)18(24-11-14(3)27-15(4)12-24)20(26)23-10-9-22-19(25)16-7-5-6-8-17(16)21/h5-8,13-15,18H,9-12H2,1-4H3,(H,22,25)(H,23,26). The number of benzene rings is 1. The van der Waals surface area contributed by atoms with E-state index in [2.05, 4.69) is 15.5 Å². The summed E-state index contributed by atoms with van der Waals surface area (Å²) >= 11 is 0. The summed E-state index contributed by atoms with van der Waals surface area (Å²) in [6, 6.07) is 5.57. The van der Waals surface area contributed by atoms with E-state index in [0.717, 1.165) is 0 Å². The van der Waals surface area contributed by atoms with E-state index in [1.54, 1.807) is 6.07 Å². The Morgan fingerprint density at radius 2 is 1.74 bits per heavy atom. The number of morpholine rings is 1. The molecule has 1 fully saturated rings. The van der Waals surface area contributed by atoms with Crippen LogP contribution in [0.25, 0.3) is 0 Å². The molecule has 0 spiro atoms. The van der Waals surface area contributed by atoms with Crippen LogP contribution in [0.5, 0.6) is 0 Å². The lowest BCUT2D eigenvalue weighted by atomic mass is 9.99. The number of nitrogens with zero attached hydrogens (tertiary/aromatic N) is 1. The molecule has 0 aromatic heterocycles. The lowest BCUT2D eigenvalue weighted by Gasteiger charge is -2.41. The van der Waals surface area contributed by atoms with Gasteiger partial charge in [-0.3, -0.25) is 14.5 Å². The number of hydrogen-bond acceptors (Lipinski definition) is 4. The molecule has 1 aliphatic heterocycles. The van der Waals surface area contributed by atoms with Crippen LogP contribution in [-0.4, -0.2) is 61.1 Å². The van der Waals surface area contributed by atoms with Crippen LogP contribution < -0.4 is 10.6 Å². The van der Waals surface area contributed by atoms with Crippen LogP contribution in [0, 0.1) is 11.7 Å². The molecule has 0 aliphatic carbocycles. The highest BCUT2D eigenvalue weighted by Gasteiger charge is 2.33. The number of rotatable bonds is 7. The summed E-state index contributed by atoms with van der Waals surface area (Å²) in [4.78, 5) is 26.8. The van der Waals surface area contributed by atoms with Crippen LogP contribution >= 0.6 is 0 Å². The van der Waals surface area contributed by atoms with E-state index >= 15 is 0 Å². The molecule has 1 saturated heterocycles. The lowest BCUT2D eigenvalue weighted by Crippen LogP contribution is -2.57. The van der Waals surface area contributed by atoms with E-state index in [0.29, 0.717) is 13.1 Å². The molecule has 6 nitrogen and oxygen atoms in total. The van der Waals surface area contributed by atoms with Crippen molar-refractivity contribution in [2.45, 2.75) is 45.9 Å². The summed E-state index contributed by atoms with van der Waals surface area (Å²) < 4.78 is 19.3. The van der Waals surface area contributed by atoms with Gasteiger partial charge in [0.1, 0.15) is 5.82 Å². The fraction of sp³-hybridized carbons (Fsp3) is 0.600. The van der Waals surface area contributed by atoms with Crippen LogP contribution in [0.4, 0.5) is 4.39 Å². The molecule has 0 saturated carbocycles. The minimum absolute atomic E-state index is 0.000162. The lowest BCUT2D eigenvalue weighted by molar-refractivity contribution is -0.135. The van der Waals surface area contributed by atoms with Crippen LogP contribution in [0.2, 0.25) is 0 Å². The van der Waals surface area contributed by atoms with Crippen molar-refractivity contribution in [2.75, 3.05) is 26.2 Å². The van der Waals surface area contributed by atoms with E-state index in [1.165, 1.54) is 18.2 Å². The van der Waals surface area contributed by atoms with Crippen molar-refractivity contribution < 1.29 is 18.7 Å². The summed E-state index contributed by atoms with van der Waals surface area (Å²) in [7, 11) is 0. The molecule has 1 aromatic carbocycles. The SMILES string of the molecule is CC1CN(C(C(=O)NCCNC(=O)c2ccccc2F)C(C)C)CC(C)O1. The molecule has 3 atom stereocenters. The number of nitrogens with one attached hydrogen (secondary N) is 2. The molecule has 2 amide bonds. The van der Waals surface area contributed by atoms with Gasteiger partial charge in [-0.1, -0.05) is 26.0 Å². The zero-order valence-corrected chi connectivity index (χ0v) is 16.5. The maximum Gasteiger partial charge on any atom is 0.254 e. The number of halogens is 1. The van der Waals surface area contributed by atoms with Crippen LogP contribution in [0.3, 0.4) is 0 Å². The quantitative estimate of drug-likeness (QED) is 0.709. The molecular formula is C20H30FN3O3. The van der Waals surface area contributed by atoms with Gasteiger partial charge in [-0.2, -0.15) is 0 Å². The van der Waals surface area contributed by atoms with E-state index < -0.39 is 11.7 Å². The highest BCUT2D eigenvalue weighted by molar-refractivity contribution is 5.94. The van der Waals surface area contributed by atoms with E-state index in [9.17, 15) is 14.0 Å². The summed E-state index contributed by atoms with van der Waals surface area (Å²) in [5.41, 5.74) is 0.000162. The Labute approximate surface area is 160 Å². The van der Waals surface area contributed by atoms with Crippen molar-refractivity contribution >= 4 is 11.8 Å². The summed E-state index contributed by atoms with van der Waals surface area (Å²) in [5.74, 6) is -0.963. The number of carbonyl (C=O) groups excluding carboxylic acids is 2. The molecule has 2 N–H and O–H groups in total. The van der Waals surface area contributed by atoms with E-state index in [4.69, 9.17) is 4.74 Å². The first kappa shape index (κ1) is 21.3. The van der Waals surface area contributed by atoms with Gasteiger partial charge >= 0.3 is 0 Å². The predicted octanol–water partition coefficient (Wildman–Crippen LogP) is 1.81. The molecule has 150 valence electrons. The zero-order chi connectivity index (χ0) is 20.0. The van der Waals surface area contributed by atoms with Crippen molar-refractivity contribution in [3.63, 3.8) is 0 Å². The third kappa shape index (κ3) is 6.01. The van der Waals surface area contributed by atoms with Crippen molar-refractivity contribution in [1.82, 2.24) is 15.5 Å². The fourth-order valence-electron chi connectivity index (χ4n) is 3.54. The minimum Gasteiger partial charge on any atom is -0.373 e. The molecule has 2 rings (SSSR count). The van der Waals surface area contributed by atoms with Crippen LogP contribution in [0.15, 0.2) is 24.3 Å². The highest BCUT2D eigenvalue weighted by Crippen LogP contribution is 2.18. The predicted molar refractivity (Wildman–Crippen MR) is 102 cm³/mol. The Morgan fingerprint density at radius 3 is 2.33 bits per heavy atom. The molecular weight excluding hydrogens is 349 g/mol. The first-order chi connectivity index (χ1) is 12.8. The summed E-state index contributed by atoms with van der Waals surface area (Å²) in [6.07, 6.45) is 0.172. The molecule has 3 unspecified atom stereocenters. The zero-order valence-electron chi connectivity index (χ0n) is 16.5. The number of ether oxygens (including phenoxy) is 1. The van der Waals surface area contributed by atoms with Gasteiger partial charge in [0, 0.05) is 26.2 Å². The van der Waals surface area contributed by atoms with Crippen molar-refractivity contribution in [3.8, 4) is 0 Å². The third-order valence-electron chi connectivity index (χ3n) is 4.57. The molecule has 7 heteroatoms. The maximum absolute atomic E-state index is 13.6. The van der Waals surface area contributed by atoms with E-state index in [1.807, 2.05) is 27.7 Å². The molecule has 1 heterocycles. The molecule has 1 aliphatic rings. The molecule has 27 heavy (non-hydrogen) atoms. The van der Waals surface area contributed by atoms with Gasteiger partial charge in [0.15, 0.2) is 0 Å². The minimum atomic E-state index is -0.561. The maximum atomic E-state index is 13.6. The Bertz CT molecular complexity index is 643. The van der Waals surface area contributed by atoms with Gasteiger partial charge in [0.05, 0.1) is 23.8 Å². The number of hydrogen-bond donors (Lipinski definition) is 2. The Morgan fingerprint density at radius 1 is 1.15 bits per heavy atom.